The summed E-state index contributed by atoms with van der Waals surface area (Å²) >= 11 is 6.66. The van der Waals surface area contributed by atoms with Crippen molar-refractivity contribution >= 4 is 28.8 Å². The second-order valence-corrected chi connectivity index (χ2v) is 3.45. The molecule has 0 aromatic heterocycles. The molecule has 1 aliphatic rings. The second-order valence-electron chi connectivity index (χ2n) is 1.82. The highest BCUT2D eigenvalue weighted by Crippen LogP contribution is 2.14. The monoisotopic (exact) mass is 148 g/mol. The first kappa shape index (κ1) is 6.52. The fourth-order valence-electron chi connectivity index (χ4n) is 0.625. The summed E-state index contributed by atoms with van der Waals surface area (Å²) in [6, 6.07) is 0. The summed E-state index contributed by atoms with van der Waals surface area (Å²) in [5, 5.41) is 9.02. The van der Waals surface area contributed by atoms with E-state index >= 15 is 0 Å². The van der Waals surface area contributed by atoms with Crippen LogP contribution in [0.1, 0.15) is 6.42 Å². The van der Waals surface area contributed by atoms with Gasteiger partial charge in [-0.2, -0.15) is 11.8 Å². The lowest BCUT2D eigenvalue weighted by molar-refractivity contribution is 0.239. The molecular formula is C5H8OS2. The van der Waals surface area contributed by atoms with Crippen LogP contribution >= 0.6 is 24.0 Å². The van der Waals surface area contributed by atoms with Crippen LogP contribution in [0.4, 0.5) is 0 Å². The van der Waals surface area contributed by atoms with Crippen LogP contribution in [-0.2, 0) is 0 Å². The number of hydrogen-bond donors (Lipinski definition) is 1. The molecule has 0 bridgehead atoms. The van der Waals surface area contributed by atoms with Crippen molar-refractivity contribution in [1.29, 1.82) is 0 Å². The molecule has 3 heteroatoms. The molecule has 1 nitrogen and oxygen atoms in total. The van der Waals surface area contributed by atoms with Gasteiger partial charge in [0, 0.05) is 10.6 Å². The predicted molar refractivity (Wildman–Crippen MR) is 40.5 cm³/mol. The topological polar surface area (TPSA) is 20.2 Å². The van der Waals surface area contributed by atoms with Crippen LogP contribution in [0, 0.1) is 0 Å². The number of aliphatic hydroxyl groups excluding tert-OH is 1. The summed E-state index contributed by atoms with van der Waals surface area (Å²) in [6.07, 6.45) is 0.565. The summed E-state index contributed by atoms with van der Waals surface area (Å²) in [7, 11) is 0. The summed E-state index contributed by atoms with van der Waals surface area (Å²) in [6.45, 7) is 0. The largest absolute Gasteiger partial charge is 0.388 e. The third kappa shape index (κ3) is 1.44. The maximum absolute atomic E-state index is 9.02. The molecule has 1 aliphatic heterocycles. The SMILES string of the molecule is OC1CCSCC1=S. The zero-order valence-electron chi connectivity index (χ0n) is 4.46. The lowest BCUT2D eigenvalue weighted by atomic mass is 10.2. The van der Waals surface area contributed by atoms with Gasteiger partial charge in [-0.05, 0) is 12.2 Å². The number of hydrogen-bond acceptors (Lipinski definition) is 3. The molecule has 0 amide bonds. The van der Waals surface area contributed by atoms with E-state index in [1.54, 1.807) is 11.8 Å². The summed E-state index contributed by atoms with van der Waals surface area (Å²) in [4.78, 5) is 0.821. The maximum atomic E-state index is 9.02. The van der Waals surface area contributed by atoms with Crippen molar-refractivity contribution in [3.05, 3.63) is 0 Å². The van der Waals surface area contributed by atoms with Crippen LogP contribution in [0.3, 0.4) is 0 Å². The van der Waals surface area contributed by atoms with Gasteiger partial charge in [0.05, 0.1) is 6.10 Å². The van der Waals surface area contributed by atoms with Gasteiger partial charge in [-0.15, -0.1) is 0 Å². The van der Waals surface area contributed by atoms with E-state index < -0.39 is 0 Å². The molecule has 46 valence electrons. The van der Waals surface area contributed by atoms with Crippen molar-refractivity contribution in [3.63, 3.8) is 0 Å². The van der Waals surface area contributed by atoms with Gasteiger partial charge < -0.3 is 5.11 Å². The Balaban J connectivity index is 2.39. The molecule has 0 radical (unpaired) electrons. The Labute approximate surface area is 58.5 Å². The van der Waals surface area contributed by atoms with Gasteiger partial charge in [0.15, 0.2) is 0 Å². The van der Waals surface area contributed by atoms with Crippen LogP contribution in [0.15, 0.2) is 0 Å². The highest BCUT2D eigenvalue weighted by Gasteiger charge is 2.14. The van der Waals surface area contributed by atoms with Crippen molar-refractivity contribution < 1.29 is 5.11 Å². The Kier molecular flexibility index (Phi) is 2.28. The van der Waals surface area contributed by atoms with Gasteiger partial charge in [-0.1, -0.05) is 12.2 Å². The van der Waals surface area contributed by atoms with Gasteiger partial charge in [-0.3, -0.25) is 0 Å². The first-order valence-electron chi connectivity index (χ1n) is 2.59. The van der Waals surface area contributed by atoms with Gasteiger partial charge >= 0.3 is 0 Å². The van der Waals surface area contributed by atoms with E-state index in [0.29, 0.717) is 0 Å². The molecule has 0 saturated carbocycles. The van der Waals surface area contributed by atoms with E-state index in [1.165, 1.54) is 0 Å². The van der Waals surface area contributed by atoms with E-state index in [4.69, 9.17) is 17.3 Å². The quantitative estimate of drug-likeness (QED) is 0.514. The van der Waals surface area contributed by atoms with E-state index in [9.17, 15) is 0 Å². The molecule has 1 unspecified atom stereocenters. The molecule has 0 aromatic carbocycles. The average Bonchev–Trinajstić information content (AvgIpc) is 1.77. The normalized spacial score (nSPS) is 30.6. The van der Waals surface area contributed by atoms with Gasteiger partial charge in [0.2, 0.25) is 0 Å². The van der Waals surface area contributed by atoms with Crippen LogP contribution < -0.4 is 0 Å². The highest BCUT2D eigenvalue weighted by atomic mass is 32.2. The van der Waals surface area contributed by atoms with Crippen molar-refractivity contribution in [2.75, 3.05) is 11.5 Å². The number of thiocarbonyl (C=S) groups is 1. The third-order valence-electron chi connectivity index (χ3n) is 1.15. The lowest BCUT2D eigenvalue weighted by Crippen LogP contribution is -2.25. The molecule has 1 rings (SSSR count). The molecule has 1 heterocycles. The molecule has 1 N–H and O–H groups in total. The lowest BCUT2D eigenvalue weighted by Gasteiger charge is -2.16. The standard InChI is InChI=1S/C5H8OS2/c6-4-1-2-8-3-5(4)7/h4,6H,1-3H2. The number of rotatable bonds is 0. The fourth-order valence-corrected chi connectivity index (χ4v) is 1.92. The summed E-state index contributed by atoms with van der Waals surface area (Å²) in [5.74, 6) is 1.93. The minimum absolute atomic E-state index is 0.286. The zero-order valence-corrected chi connectivity index (χ0v) is 6.10. The molecule has 1 atom stereocenters. The third-order valence-corrected chi connectivity index (χ3v) is 2.79. The Hall–Kier alpha value is 0.400. The predicted octanol–water partition coefficient (Wildman–Crippen LogP) is 0.854. The van der Waals surface area contributed by atoms with E-state index in [-0.39, 0.29) is 6.10 Å². The van der Waals surface area contributed by atoms with Gasteiger partial charge in [0.25, 0.3) is 0 Å². The molecule has 0 spiro atoms. The van der Waals surface area contributed by atoms with Gasteiger partial charge in [-0.25, -0.2) is 0 Å². The van der Waals surface area contributed by atoms with Crippen molar-refractivity contribution in [2.24, 2.45) is 0 Å². The van der Waals surface area contributed by atoms with Crippen LogP contribution in [-0.4, -0.2) is 27.6 Å². The Morgan fingerprint density at radius 2 is 2.50 bits per heavy atom. The van der Waals surface area contributed by atoms with Crippen LogP contribution in [0.25, 0.3) is 0 Å². The molecule has 8 heavy (non-hydrogen) atoms. The van der Waals surface area contributed by atoms with Crippen molar-refractivity contribution in [3.8, 4) is 0 Å². The van der Waals surface area contributed by atoms with Crippen LogP contribution in [0.5, 0.6) is 0 Å². The summed E-state index contributed by atoms with van der Waals surface area (Å²) < 4.78 is 0. The Bertz CT molecular complexity index is 103. The van der Waals surface area contributed by atoms with Crippen LogP contribution in [0.2, 0.25) is 0 Å². The van der Waals surface area contributed by atoms with Crippen molar-refractivity contribution in [1.82, 2.24) is 0 Å². The summed E-state index contributed by atoms with van der Waals surface area (Å²) in [5.41, 5.74) is 0. The number of thioether (sulfide) groups is 1. The van der Waals surface area contributed by atoms with E-state index in [2.05, 4.69) is 0 Å². The second kappa shape index (κ2) is 2.80. The highest BCUT2D eigenvalue weighted by molar-refractivity contribution is 8.01. The minimum atomic E-state index is -0.286. The molecule has 1 fully saturated rings. The minimum Gasteiger partial charge on any atom is -0.388 e. The smallest absolute Gasteiger partial charge is 0.0868 e. The van der Waals surface area contributed by atoms with Gasteiger partial charge in [0.1, 0.15) is 0 Å². The first-order valence-corrected chi connectivity index (χ1v) is 4.15. The number of aliphatic hydroxyl groups is 1. The molecular weight excluding hydrogens is 140 g/mol. The molecule has 0 aliphatic carbocycles. The van der Waals surface area contributed by atoms with E-state index in [1.807, 2.05) is 0 Å². The maximum Gasteiger partial charge on any atom is 0.0868 e. The Morgan fingerprint density at radius 1 is 1.75 bits per heavy atom. The first-order chi connectivity index (χ1) is 3.80. The van der Waals surface area contributed by atoms with E-state index in [0.717, 1.165) is 22.8 Å². The van der Waals surface area contributed by atoms with Crippen molar-refractivity contribution in [2.45, 2.75) is 12.5 Å². The Morgan fingerprint density at radius 3 is 2.88 bits per heavy atom. The fraction of sp³-hybridized carbons (Fsp3) is 0.800. The zero-order chi connectivity index (χ0) is 5.98. The molecule has 1 saturated heterocycles. The molecule has 0 aromatic rings. The average molecular weight is 148 g/mol.